The maximum atomic E-state index is 12.6. The molecule has 2 aromatic rings. The smallest absolute Gasteiger partial charge is 0.203 e. The molecule has 1 unspecified atom stereocenters. The molecule has 1 atom stereocenters. The number of ether oxygens (including phenoxy) is 4. The van der Waals surface area contributed by atoms with Crippen molar-refractivity contribution in [2.45, 2.75) is 12.3 Å². The third-order valence-electron chi connectivity index (χ3n) is 4.49. The van der Waals surface area contributed by atoms with Gasteiger partial charge in [0.1, 0.15) is 5.75 Å². The van der Waals surface area contributed by atoms with Crippen molar-refractivity contribution in [3.63, 3.8) is 0 Å². The van der Waals surface area contributed by atoms with Crippen molar-refractivity contribution >= 4 is 28.4 Å². The first-order valence-electron chi connectivity index (χ1n) is 7.75. The summed E-state index contributed by atoms with van der Waals surface area (Å²) in [6.45, 7) is 0. The van der Waals surface area contributed by atoms with Crippen molar-refractivity contribution < 1.29 is 23.7 Å². The van der Waals surface area contributed by atoms with E-state index in [0.29, 0.717) is 29.2 Å². The van der Waals surface area contributed by atoms with E-state index in [-0.39, 0.29) is 11.7 Å². The van der Waals surface area contributed by atoms with Crippen molar-refractivity contribution in [2.75, 3.05) is 28.4 Å². The summed E-state index contributed by atoms with van der Waals surface area (Å²) in [7, 11) is 6.34. The average Bonchev–Trinajstić information content (AvgIpc) is 2.96. The number of fused-ring (bicyclic) bond motifs is 1. The standard InChI is InChI=1S/C19H19IO5/c1-22-15-6-5-10(7-13(15)20)11-8-14(21)12-9-16(23-2)18(24-3)19(25-4)17(11)12/h5-7,9,11H,8H2,1-4H3. The highest BCUT2D eigenvalue weighted by atomic mass is 127. The summed E-state index contributed by atoms with van der Waals surface area (Å²) in [5.74, 6) is 2.36. The van der Waals surface area contributed by atoms with Crippen LogP contribution in [-0.2, 0) is 0 Å². The van der Waals surface area contributed by atoms with Gasteiger partial charge in [0.2, 0.25) is 5.75 Å². The number of benzene rings is 2. The van der Waals surface area contributed by atoms with Crippen LogP contribution in [0.25, 0.3) is 0 Å². The molecule has 1 aliphatic rings. The number of hydrogen-bond acceptors (Lipinski definition) is 5. The fourth-order valence-electron chi connectivity index (χ4n) is 3.34. The van der Waals surface area contributed by atoms with Gasteiger partial charge in [0, 0.05) is 23.5 Å². The zero-order valence-corrected chi connectivity index (χ0v) is 16.7. The first-order valence-corrected chi connectivity index (χ1v) is 8.83. The minimum absolute atomic E-state index is 0.0741. The van der Waals surface area contributed by atoms with Gasteiger partial charge in [-0.25, -0.2) is 0 Å². The number of rotatable bonds is 5. The topological polar surface area (TPSA) is 54.0 Å². The largest absolute Gasteiger partial charge is 0.496 e. The lowest BCUT2D eigenvalue weighted by atomic mass is 9.92. The van der Waals surface area contributed by atoms with Gasteiger partial charge in [0.15, 0.2) is 17.3 Å². The van der Waals surface area contributed by atoms with Gasteiger partial charge in [0.25, 0.3) is 0 Å². The van der Waals surface area contributed by atoms with Crippen LogP contribution in [0.1, 0.15) is 33.8 Å². The van der Waals surface area contributed by atoms with E-state index in [2.05, 4.69) is 22.6 Å². The Hall–Kier alpha value is -1.96. The minimum atomic E-state index is -0.0864. The number of halogens is 1. The van der Waals surface area contributed by atoms with Gasteiger partial charge in [-0.2, -0.15) is 0 Å². The molecule has 0 N–H and O–H groups in total. The van der Waals surface area contributed by atoms with Crippen LogP contribution in [0.3, 0.4) is 0 Å². The highest BCUT2D eigenvalue weighted by Crippen LogP contribution is 2.51. The molecule has 0 saturated carbocycles. The lowest BCUT2D eigenvalue weighted by molar-refractivity contribution is 0.0991. The summed E-state index contributed by atoms with van der Waals surface area (Å²) >= 11 is 2.23. The molecule has 6 heteroatoms. The quantitative estimate of drug-likeness (QED) is 0.639. The molecule has 3 rings (SSSR count). The molecule has 5 nitrogen and oxygen atoms in total. The minimum Gasteiger partial charge on any atom is -0.496 e. The third-order valence-corrected chi connectivity index (χ3v) is 5.33. The van der Waals surface area contributed by atoms with Crippen molar-refractivity contribution in [3.05, 3.63) is 44.5 Å². The maximum absolute atomic E-state index is 12.6. The SMILES string of the molecule is COc1ccc(C2CC(=O)c3cc(OC)c(OC)c(OC)c32)cc1I. The molecular formula is C19H19IO5. The third kappa shape index (κ3) is 2.92. The highest BCUT2D eigenvalue weighted by molar-refractivity contribution is 14.1. The van der Waals surface area contributed by atoms with E-state index in [9.17, 15) is 4.79 Å². The van der Waals surface area contributed by atoms with Gasteiger partial charge >= 0.3 is 0 Å². The molecule has 2 aromatic carbocycles. The molecule has 0 amide bonds. The fourth-order valence-corrected chi connectivity index (χ4v) is 4.10. The second-order valence-corrected chi connectivity index (χ2v) is 6.84. The fraction of sp³-hybridized carbons (Fsp3) is 0.316. The summed E-state index contributed by atoms with van der Waals surface area (Å²) in [5.41, 5.74) is 2.53. The van der Waals surface area contributed by atoms with Crippen molar-refractivity contribution in [2.24, 2.45) is 0 Å². The van der Waals surface area contributed by atoms with E-state index in [1.54, 1.807) is 34.5 Å². The number of carbonyl (C=O) groups is 1. The van der Waals surface area contributed by atoms with Gasteiger partial charge in [-0.1, -0.05) is 6.07 Å². The molecule has 0 aliphatic heterocycles. The van der Waals surface area contributed by atoms with E-state index in [1.165, 1.54) is 0 Å². The predicted octanol–water partition coefficient (Wildman–Crippen LogP) is 4.04. The summed E-state index contributed by atoms with van der Waals surface area (Å²) in [6, 6.07) is 7.70. The van der Waals surface area contributed by atoms with Crippen LogP contribution in [0.2, 0.25) is 0 Å². The van der Waals surface area contributed by atoms with E-state index in [0.717, 1.165) is 20.4 Å². The molecule has 132 valence electrons. The Balaban J connectivity index is 2.20. The van der Waals surface area contributed by atoms with Crippen LogP contribution in [0, 0.1) is 3.57 Å². The summed E-state index contributed by atoms with van der Waals surface area (Å²) in [5, 5.41) is 0. The zero-order chi connectivity index (χ0) is 18.1. The van der Waals surface area contributed by atoms with Gasteiger partial charge < -0.3 is 18.9 Å². The predicted molar refractivity (Wildman–Crippen MR) is 103 cm³/mol. The van der Waals surface area contributed by atoms with E-state index >= 15 is 0 Å². The van der Waals surface area contributed by atoms with Gasteiger partial charge in [-0.05, 0) is 46.4 Å². The summed E-state index contributed by atoms with van der Waals surface area (Å²) < 4.78 is 22.8. The Kier molecular flexibility index (Phi) is 5.08. The number of Topliss-reactive ketones (excluding diaryl/α,β-unsaturated/α-hetero) is 1. The molecular weight excluding hydrogens is 435 g/mol. The molecule has 1 aliphatic carbocycles. The monoisotopic (exact) mass is 454 g/mol. The van der Waals surface area contributed by atoms with Gasteiger partial charge in [0.05, 0.1) is 32.0 Å². The molecule has 25 heavy (non-hydrogen) atoms. The lowest BCUT2D eigenvalue weighted by Crippen LogP contribution is -2.03. The number of carbonyl (C=O) groups excluding carboxylic acids is 1. The van der Waals surface area contributed by atoms with E-state index in [4.69, 9.17) is 18.9 Å². The van der Waals surface area contributed by atoms with Crippen molar-refractivity contribution in [3.8, 4) is 23.0 Å². The molecule has 0 radical (unpaired) electrons. The van der Waals surface area contributed by atoms with Crippen molar-refractivity contribution in [1.82, 2.24) is 0 Å². The second-order valence-electron chi connectivity index (χ2n) is 5.68. The normalized spacial score (nSPS) is 15.7. The van der Waals surface area contributed by atoms with Crippen molar-refractivity contribution in [1.29, 1.82) is 0 Å². The lowest BCUT2D eigenvalue weighted by Gasteiger charge is -2.19. The van der Waals surface area contributed by atoms with Crippen LogP contribution < -0.4 is 18.9 Å². The molecule has 0 heterocycles. The maximum Gasteiger partial charge on any atom is 0.203 e. The van der Waals surface area contributed by atoms with E-state index in [1.807, 2.05) is 18.2 Å². The second kappa shape index (κ2) is 7.11. The Morgan fingerprint density at radius 1 is 0.920 bits per heavy atom. The Morgan fingerprint density at radius 2 is 1.60 bits per heavy atom. The van der Waals surface area contributed by atoms with Gasteiger partial charge in [-0.15, -0.1) is 0 Å². The molecule has 0 aromatic heterocycles. The number of hydrogen-bond donors (Lipinski definition) is 0. The molecule has 0 fully saturated rings. The van der Waals surface area contributed by atoms with E-state index < -0.39 is 0 Å². The average molecular weight is 454 g/mol. The van der Waals surface area contributed by atoms with Crippen LogP contribution in [0.5, 0.6) is 23.0 Å². The van der Waals surface area contributed by atoms with Crippen LogP contribution in [0.15, 0.2) is 24.3 Å². The Labute approximate surface area is 160 Å². The first-order chi connectivity index (χ1) is 12.0. The first kappa shape index (κ1) is 17.8. The van der Waals surface area contributed by atoms with Crippen LogP contribution >= 0.6 is 22.6 Å². The highest BCUT2D eigenvalue weighted by Gasteiger charge is 2.37. The number of ketones is 1. The van der Waals surface area contributed by atoms with Crippen LogP contribution in [-0.4, -0.2) is 34.2 Å². The summed E-state index contributed by atoms with van der Waals surface area (Å²) in [4.78, 5) is 12.6. The Morgan fingerprint density at radius 3 is 2.16 bits per heavy atom. The van der Waals surface area contributed by atoms with Crippen LogP contribution in [0.4, 0.5) is 0 Å². The Bertz CT molecular complexity index is 831. The molecule has 0 bridgehead atoms. The van der Waals surface area contributed by atoms with Gasteiger partial charge in [-0.3, -0.25) is 4.79 Å². The molecule has 0 saturated heterocycles. The molecule has 0 spiro atoms. The summed E-state index contributed by atoms with van der Waals surface area (Å²) in [6.07, 6.45) is 0.393. The zero-order valence-electron chi connectivity index (χ0n) is 14.5. The number of methoxy groups -OCH3 is 4.